The first-order valence-corrected chi connectivity index (χ1v) is 5.46. The number of phenolic OH excluding ortho intramolecular Hbond substituents is 1. The largest absolute Gasteiger partial charge is 0.507 e. The van der Waals surface area contributed by atoms with E-state index in [4.69, 9.17) is 10.8 Å². The molecule has 0 radical (unpaired) electrons. The summed E-state index contributed by atoms with van der Waals surface area (Å²) in [5.41, 5.74) is 5.73. The summed E-state index contributed by atoms with van der Waals surface area (Å²) in [5, 5.41) is 18.7. The van der Waals surface area contributed by atoms with Crippen LogP contribution >= 0.6 is 0 Å². The van der Waals surface area contributed by atoms with E-state index in [0.29, 0.717) is 5.69 Å². The Bertz CT molecular complexity index is 664. The molecule has 0 aliphatic rings. The molecule has 0 saturated carbocycles. The van der Waals surface area contributed by atoms with E-state index < -0.39 is 11.8 Å². The van der Waals surface area contributed by atoms with E-state index in [1.165, 1.54) is 36.4 Å². The van der Waals surface area contributed by atoms with Crippen LogP contribution in [0.1, 0.15) is 26.3 Å². The summed E-state index contributed by atoms with van der Waals surface area (Å²) >= 11 is 0. The molecule has 0 heterocycles. The number of hydrogen-bond acceptors (Lipinski definition) is 4. The van der Waals surface area contributed by atoms with Gasteiger partial charge in [-0.2, -0.15) is 0 Å². The highest BCUT2D eigenvalue weighted by Gasteiger charge is 2.19. The molecule has 0 bridgehead atoms. The Morgan fingerprint density at radius 1 is 0.947 bits per heavy atom. The minimum Gasteiger partial charge on any atom is -0.507 e. The van der Waals surface area contributed by atoms with Crippen LogP contribution in [0.5, 0.6) is 5.75 Å². The zero-order valence-electron chi connectivity index (χ0n) is 9.83. The fraction of sp³-hybridized carbons (Fsp3) is 0. The lowest BCUT2D eigenvalue weighted by Gasteiger charge is -2.07. The molecule has 5 nitrogen and oxygen atoms in total. The highest BCUT2D eigenvalue weighted by molar-refractivity contribution is 6.15. The van der Waals surface area contributed by atoms with E-state index in [1.807, 2.05) is 0 Å². The maximum atomic E-state index is 12.2. The van der Waals surface area contributed by atoms with Crippen molar-refractivity contribution in [1.29, 1.82) is 0 Å². The lowest BCUT2D eigenvalue weighted by molar-refractivity contribution is 0.0692. The Kier molecular flexibility index (Phi) is 3.20. The molecule has 0 amide bonds. The summed E-state index contributed by atoms with van der Waals surface area (Å²) in [6.07, 6.45) is 0. The fourth-order valence-corrected chi connectivity index (χ4v) is 1.75. The van der Waals surface area contributed by atoms with E-state index in [-0.39, 0.29) is 22.4 Å². The summed E-state index contributed by atoms with van der Waals surface area (Å²) in [6, 6.07) is 9.92. The second kappa shape index (κ2) is 4.81. The van der Waals surface area contributed by atoms with Gasteiger partial charge in [0, 0.05) is 17.3 Å². The van der Waals surface area contributed by atoms with Crippen LogP contribution in [0, 0.1) is 0 Å². The number of phenols is 1. The SMILES string of the molecule is Nc1ccc(C(=O)c2ccccc2C(=O)O)c(O)c1. The van der Waals surface area contributed by atoms with Crippen LogP contribution in [0.25, 0.3) is 0 Å². The zero-order chi connectivity index (χ0) is 14.0. The smallest absolute Gasteiger partial charge is 0.336 e. The van der Waals surface area contributed by atoms with Crippen LogP contribution in [0.15, 0.2) is 42.5 Å². The predicted molar refractivity (Wildman–Crippen MR) is 69.4 cm³/mol. The van der Waals surface area contributed by atoms with Gasteiger partial charge < -0.3 is 15.9 Å². The van der Waals surface area contributed by atoms with Crippen molar-refractivity contribution in [2.24, 2.45) is 0 Å². The number of anilines is 1. The molecule has 0 aliphatic heterocycles. The highest BCUT2D eigenvalue weighted by Crippen LogP contribution is 2.24. The van der Waals surface area contributed by atoms with Crippen molar-refractivity contribution in [3.05, 3.63) is 59.2 Å². The van der Waals surface area contributed by atoms with Crippen molar-refractivity contribution in [2.75, 3.05) is 5.73 Å². The van der Waals surface area contributed by atoms with Gasteiger partial charge in [-0.3, -0.25) is 4.79 Å². The number of carbonyl (C=O) groups excluding carboxylic acids is 1. The van der Waals surface area contributed by atoms with Crippen molar-refractivity contribution in [3.8, 4) is 5.75 Å². The molecule has 5 heteroatoms. The van der Waals surface area contributed by atoms with Crippen molar-refractivity contribution >= 4 is 17.4 Å². The van der Waals surface area contributed by atoms with E-state index in [2.05, 4.69) is 0 Å². The van der Waals surface area contributed by atoms with Gasteiger partial charge in [-0.1, -0.05) is 18.2 Å². The van der Waals surface area contributed by atoms with Gasteiger partial charge in [-0.05, 0) is 18.2 Å². The Balaban J connectivity index is 2.53. The average Bonchev–Trinajstić information content (AvgIpc) is 2.38. The Morgan fingerprint density at radius 3 is 2.16 bits per heavy atom. The second-order valence-corrected chi connectivity index (χ2v) is 3.96. The van der Waals surface area contributed by atoms with Crippen molar-refractivity contribution in [2.45, 2.75) is 0 Å². The molecule has 0 fully saturated rings. The summed E-state index contributed by atoms with van der Waals surface area (Å²) in [6.45, 7) is 0. The van der Waals surface area contributed by atoms with Crippen LogP contribution in [0.4, 0.5) is 5.69 Å². The normalized spacial score (nSPS) is 10.1. The first-order chi connectivity index (χ1) is 9.00. The molecular weight excluding hydrogens is 246 g/mol. The molecule has 0 spiro atoms. The molecule has 19 heavy (non-hydrogen) atoms. The number of benzene rings is 2. The molecule has 96 valence electrons. The first-order valence-electron chi connectivity index (χ1n) is 5.46. The third-order valence-electron chi connectivity index (χ3n) is 2.67. The number of nitrogen functional groups attached to an aromatic ring is 1. The molecule has 0 atom stereocenters. The minimum atomic E-state index is -1.20. The van der Waals surface area contributed by atoms with Crippen molar-refractivity contribution < 1.29 is 19.8 Å². The molecule has 0 saturated heterocycles. The highest BCUT2D eigenvalue weighted by atomic mass is 16.4. The molecule has 2 rings (SSSR count). The van der Waals surface area contributed by atoms with Gasteiger partial charge in [-0.25, -0.2) is 4.79 Å². The number of aromatic carboxylic acids is 1. The number of nitrogens with two attached hydrogens (primary N) is 1. The van der Waals surface area contributed by atoms with Gasteiger partial charge in [0.15, 0.2) is 5.78 Å². The lowest BCUT2D eigenvalue weighted by atomic mass is 9.97. The van der Waals surface area contributed by atoms with Gasteiger partial charge in [0.2, 0.25) is 0 Å². The summed E-state index contributed by atoms with van der Waals surface area (Å²) in [5.74, 6) is -2.03. The van der Waals surface area contributed by atoms with Crippen molar-refractivity contribution in [3.63, 3.8) is 0 Å². The quantitative estimate of drug-likeness (QED) is 0.576. The Morgan fingerprint density at radius 2 is 1.58 bits per heavy atom. The van der Waals surface area contributed by atoms with Crippen LogP contribution in [-0.2, 0) is 0 Å². The summed E-state index contributed by atoms with van der Waals surface area (Å²) in [7, 11) is 0. The number of ketones is 1. The first kappa shape index (κ1) is 12.6. The molecule has 0 aromatic heterocycles. The Labute approximate surface area is 108 Å². The third-order valence-corrected chi connectivity index (χ3v) is 2.67. The van der Waals surface area contributed by atoms with Gasteiger partial charge in [0.05, 0.1) is 11.1 Å². The maximum absolute atomic E-state index is 12.2. The monoisotopic (exact) mass is 257 g/mol. The standard InChI is InChI=1S/C14H11NO4/c15-8-5-6-11(12(16)7-8)13(17)9-3-1-2-4-10(9)14(18)19/h1-7,16H,15H2,(H,18,19). The molecule has 2 aromatic rings. The van der Waals surface area contributed by atoms with Gasteiger partial charge >= 0.3 is 5.97 Å². The van der Waals surface area contributed by atoms with Crippen LogP contribution in [0.3, 0.4) is 0 Å². The number of hydrogen-bond donors (Lipinski definition) is 3. The predicted octanol–water partition coefficient (Wildman–Crippen LogP) is 1.90. The zero-order valence-corrected chi connectivity index (χ0v) is 9.83. The number of carbonyl (C=O) groups is 2. The van der Waals surface area contributed by atoms with E-state index in [9.17, 15) is 14.7 Å². The van der Waals surface area contributed by atoms with E-state index in [0.717, 1.165) is 0 Å². The topological polar surface area (TPSA) is 101 Å². The fourth-order valence-electron chi connectivity index (χ4n) is 1.75. The van der Waals surface area contributed by atoms with E-state index >= 15 is 0 Å². The third kappa shape index (κ3) is 2.40. The molecule has 4 N–H and O–H groups in total. The second-order valence-electron chi connectivity index (χ2n) is 3.96. The van der Waals surface area contributed by atoms with Crippen LogP contribution in [0.2, 0.25) is 0 Å². The lowest BCUT2D eigenvalue weighted by Crippen LogP contribution is -2.09. The van der Waals surface area contributed by atoms with Gasteiger partial charge in [-0.15, -0.1) is 0 Å². The molecular formula is C14H11NO4. The van der Waals surface area contributed by atoms with E-state index in [1.54, 1.807) is 6.07 Å². The molecule has 2 aromatic carbocycles. The van der Waals surface area contributed by atoms with Crippen LogP contribution < -0.4 is 5.73 Å². The van der Waals surface area contributed by atoms with Crippen molar-refractivity contribution in [1.82, 2.24) is 0 Å². The average molecular weight is 257 g/mol. The number of aromatic hydroxyl groups is 1. The van der Waals surface area contributed by atoms with Crippen LogP contribution in [-0.4, -0.2) is 22.0 Å². The summed E-state index contributed by atoms with van der Waals surface area (Å²) in [4.78, 5) is 23.3. The number of carboxylic acids is 1. The maximum Gasteiger partial charge on any atom is 0.336 e. The number of carboxylic acid groups (broad SMARTS) is 1. The molecule has 0 aliphatic carbocycles. The van der Waals surface area contributed by atoms with Gasteiger partial charge in [0.1, 0.15) is 5.75 Å². The Hall–Kier alpha value is -2.82. The molecule has 0 unspecified atom stereocenters. The minimum absolute atomic E-state index is 0.0166. The number of rotatable bonds is 3. The van der Waals surface area contributed by atoms with Gasteiger partial charge in [0.25, 0.3) is 0 Å². The summed E-state index contributed by atoms with van der Waals surface area (Å²) < 4.78 is 0.